The van der Waals surface area contributed by atoms with Crippen LogP contribution in [0.4, 0.5) is 4.39 Å². The molecule has 3 heteroatoms. The minimum Gasteiger partial charge on any atom is -0.207 e. The molecule has 2 aromatic rings. The zero-order valence-electron chi connectivity index (χ0n) is 9.25. The first-order valence-electron chi connectivity index (χ1n) is 5.23. The molecular weight excluding hydrogens is 303 g/mol. The molecule has 0 spiro atoms. The van der Waals surface area contributed by atoms with E-state index in [9.17, 15) is 4.39 Å². The van der Waals surface area contributed by atoms with E-state index in [1.807, 2.05) is 31.2 Å². The summed E-state index contributed by atoms with van der Waals surface area (Å²) in [6, 6.07) is 12.6. The summed E-state index contributed by atoms with van der Waals surface area (Å²) in [5.41, 5.74) is 2.75. The van der Waals surface area contributed by atoms with Gasteiger partial charge in [-0.15, -0.1) is 0 Å². The second-order valence-electron chi connectivity index (χ2n) is 3.94. The Bertz CT molecular complexity index is 522. The van der Waals surface area contributed by atoms with Gasteiger partial charge < -0.3 is 0 Å². The Labute approximate surface area is 114 Å². The molecule has 0 radical (unpaired) electrons. The predicted molar refractivity (Wildman–Crippen MR) is 73.4 cm³/mol. The van der Waals surface area contributed by atoms with Crippen LogP contribution in [0, 0.1) is 12.7 Å². The monoisotopic (exact) mass is 312 g/mol. The fourth-order valence-electron chi connectivity index (χ4n) is 1.62. The summed E-state index contributed by atoms with van der Waals surface area (Å²) in [4.78, 5) is -0.179. The highest BCUT2D eigenvalue weighted by molar-refractivity contribution is 9.09. The zero-order chi connectivity index (χ0) is 12.4. The molecule has 1 unspecified atom stereocenters. The van der Waals surface area contributed by atoms with Gasteiger partial charge in [-0.25, -0.2) is 4.39 Å². The van der Waals surface area contributed by atoms with Crippen molar-refractivity contribution in [1.82, 2.24) is 0 Å². The highest BCUT2D eigenvalue weighted by Gasteiger charge is 2.14. The van der Waals surface area contributed by atoms with Crippen molar-refractivity contribution < 1.29 is 4.39 Å². The van der Waals surface area contributed by atoms with Crippen LogP contribution >= 0.6 is 27.5 Å². The summed E-state index contributed by atoms with van der Waals surface area (Å²) in [6.45, 7) is 2.02. The van der Waals surface area contributed by atoms with Gasteiger partial charge in [0.05, 0.1) is 4.83 Å². The number of alkyl halides is 1. The fourth-order valence-corrected chi connectivity index (χ4v) is 2.46. The van der Waals surface area contributed by atoms with Crippen LogP contribution in [0.1, 0.15) is 21.5 Å². The van der Waals surface area contributed by atoms with Gasteiger partial charge in [0.25, 0.3) is 0 Å². The average molecular weight is 314 g/mol. The second kappa shape index (κ2) is 5.19. The molecule has 0 aliphatic rings. The van der Waals surface area contributed by atoms with E-state index in [4.69, 9.17) is 11.6 Å². The van der Waals surface area contributed by atoms with Crippen LogP contribution in [0.25, 0.3) is 0 Å². The maximum atomic E-state index is 13.7. The Morgan fingerprint density at radius 2 is 1.76 bits per heavy atom. The molecule has 0 aliphatic carbocycles. The highest BCUT2D eigenvalue weighted by Crippen LogP contribution is 2.33. The topological polar surface area (TPSA) is 0 Å². The molecule has 17 heavy (non-hydrogen) atoms. The summed E-state index contributed by atoms with van der Waals surface area (Å²) in [5.74, 6) is -0.253. The van der Waals surface area contributed by atoms with Crippen LogP contribution in [-0.2, 0) is 0 Å². The van der Waals surface area contributed by atoms with Crippen LogP contribution in [0.3, 0.4) is 0 Å². The molecule has 2 aromatic carbocycles. The molecular formula is C14H11BrClF. The van der Waals surface area contributed by atoms with Gasteiger partial charge in [0.2, 0.25) is 0 Å². The van der Waals surface area contributed by atoms with Crippen molar-refractivity contribution in [2.75, 3.05) is 0 Å². The number of hydrogen-bond acceptors (Lipinski definition) is 0. The Hall–Kier alpha value is -0.860. The SMILES string of the molecule is Cc1ccc(C(Br)c2cc(Cl)ccc2F)cc1. The third kappa shape index (κ3) is 2.88. The lowest BCUT2D eigenvalue weighted by atomic mass is 10.0. The summed E-state index contributed by atoms with van der Waals surface area (Å²) in [7, 11) is 0. The Morgan fingerprint density at radius 1 is 1.12 bits per heavy atom. The van der Waals surface area contributed by atoms with Gasteiger partial charge in [-0.2, -0.15) is 0 Å². The van der Waals surface area contributed by atoms with Gasteiger partial charge in [0.15, 0.2) is 0 Å². The Kier molecular flexibility index (Phi) is 3.85. The van der Waals surface area contributed by atoms with Crippen molar-refractivity contribution in [3.63, 3.8) is 0 Å². The van der Waals surface area contributed by atoms with E-state index in [2.05, 4.69) is 15.9 Å². The second-order valence-corrected chi connectivity index (χ2v) is 5.29. The molecule has 0 N–H and O–H groups in total. The Morgan fingerprint density at radius 3 is 2.41 bits per heavy atom. The quantitative estimate of drug-likeness (QED) is 0.662. The lowest BCUT2D eigenvalue weighted by Crippen LogP contribution is -1.96. The van der Waals surface area contributed by atoms with Crippen molar-refractivity contribution in [3.05, 3.63) is 70.0 Å². The maximum absolute atomic E-state index is 13.7. The van der Waals surface area contributed by atoms with Crippen molar-refractivity contribution >= 4 is 27.5 Å². The molecule has 0 aromatic heterocycles. The molecule has 88 valence electrons. The van der Waals surface area contributed by atoms with E-state index >= 15 is 0 Å². The minimum absolute atomic E-state index is 0.179. The molecule has 0 heterocycles. The van der Waals surface area contributed by atoms with Gasteiger partial charge in [-0.3, -0.25) is 0 Å². The van der Waals surface area contributed by atoms with Gasteiger partial charge in [0, 0.05) is 10.6 Å². The van der Waals surface area contributed by atoms with Gasteiger partial charge in [0.1, 0.15) is 5.82 Å². The lowest BCUT2D eigenvalue weighted by Gasteiger charge is -2.12. The number of halogens is 3. The minimum atomic E-state index is -0.253. The fraction of sp³-hybridized carbons (Fsp3) is 0.143. The molecule has 2 rings (SSSR count). The maximum Gasteiger partial charge on any atom is 0.127 e. The first-order valence-corrected chi connectivity index (χ1v) is 6.53. The third-order valence-corrected chi connectivity index (χ3v) is 3.86. The highest BCUT2D eigenvalue weighted by atomic mass is 79.9. The van der Waals surface area contributed by atoms with Crippen LogP contribution in [0.2, 0.25) is 5.02 Å². The van der Waals surface area contributed by atoms with Crippen LogP contribution in [-0.4, -0.2) is 0 Å². The van der Waals surface area contributed by atoms with Gasteiger partial charge >= 0.3 is 0 Å². The van der Waals surface area contributed by atoms with Crippen molar-refractivity contribution in [1.29, 1.82) is 0 Å². The molecule has 0 aliphatic heterocycles. The van der Waals surface area contributed by atoms with Crippen molar-refractivity contribution in [2.24, 2.45) is 0 Å². The average Bonchev–Trinajstić information content (AvgIpc) is 2.32. The van der Waals surface area contributed by atoms with E-state index in [0.717, 1.165) is 5.56 Å². The molecule has 0 amide bonds. The first-order chi connectivity index (χ1) is 8.08. The largest absolute Gasteiger partial charge is 0.207 e. The number of aryl methyl sites for hydroxylation is 1. The number of rotatable bonds is 2. The molecule has 0 bridgehead atoms. The summed E-state index contributed by atoms with van der Waals surface area (Å²) in [6.07, 6.45) is 0. The van der Waals surface area contributed by atoms with Crippen LogP contribution in [0.5, 0.6) is 0 Å². The van der Waals surface area contributed by atoms with E-state index in [1.165, 1.54) is 11.6 Å². The van der Waals surface area contributed by atoms with Crippen LogP contribution in [0.15, 0.2) is 42.5 Å². The Balaban J connectivity index is 2.39. The van der Waals surface area contributed by atoms with Crippen molar-refractivity contribution in [2.45, 2.75) is 11.8 Å². The summed E-state index contributed by atoms with van der Waals surface area (Å²) < 4.78 is 13.7. The van der Waals surface area contributed by atoms with Gasteiger partial charge in [-0.05, 0) is 30.7 Å². The smallest absolute Gasteiger partial charge is 0.127 e. The van der Waals surface area contributed by atoms with Gasteiger partial charge in [-0.1, -0.05) is 57.4 Å². The summed E-state index contributed by atoms with van der Waals surface area (Å²) in [5, 5.41) is 0.540. The normalized spacial score (nSPS) is 12.5. The molecule has 0 saturated carbocycles. The third-order valence-electron chi connectivity index (χ3n) is 2.60. The summed E-state index contributed by atoms with van der Waals surface area (Å²) >= 11 is 9.39. The van der Waals surface area contributed by atoms with Crippen molar-refractivity contribution in [3.8, 4) is 0 Å². The molecule has 1 atom stereocenters. The molecule has 0 saturated heterocycles. The van der Waals surface area contributed by atoms with E-state index in [1.54, 1.807) is 12.1 Å². The number of benzene rings is 2. The standard InChI is InChI=1S/C14H11BrClF/c1-9-2-4-10(5-3-9)14(15)12-8-11(16)6-7-13(12)17/h2-8,14H,1H3. The van der Waals surface area contributed by atoms with E-state index < -0.39 is 0 Å². The first kappa shape index (κ1) is 12.6. The molecule has 0 nitrogen and oxygen atoms in total. The van der Waals surface area contributed by atoms with E-state index in [-0.39, 0.29) is 10.6 Å². The zero-order valence-corrected chi connectivity index (χ0v) is 11.6. The molecule has 0 fully saturated rings. The number of hydrogen-bond donors (Lipinski definition) is 0. The van der Waals surface area contributed by atoms with Crippen LogP contribution < -0.4 is 0 Å². The van der Waals surface area contributed by atoms with E-state index in [0.29, 0.717) is 10.6 Å². The lowest BCUT2D eigenvalue weighted by molar-refractivity contribution is 0.613. The predicted octanol–water partition coefficient (Wildman–Crippen LogP) is 5.27.